The molecule has 18 heavy (non-hydrogen) atoms. The minimum absolute atomic E-state index is 0.101. The van der Waals surface area contributed by atoms with Crippen molar-refractivity contribution in [3.8, 4) is 0 Å². The second-order valence-corrected chi connectivity index (χ2v) is 3.55. The SMILES string of the molecule is Cc1cnc(NCC(O)C(F)(F)F)cc1[N+](=O)[O-]. The molecule has 0 aliphatic carbocycles. The molecule has 1 aromatic heterocycles. The van der Waals surface area contributed by atoms with Gasteiger partial charge in [0.2, 0.25) is 0 Å². The number of anilines is 1. The van der Waals surface area contributed by atoms with Gasteiger partial charge in [-0.05, 0) is 6.92 Å². The molecule has 0 radical (unpaired) electrons. The topological polar surface area (TPSA) is 88.3 Å². The molecule has 6 nitrogen and oxygen atoms in total. The van der Waals surface area contributed by atoms with Gasteiger partial charge >= 0.3 is 6.18 Å². The van der Waals surface area contributed by atoms with Gasteiger partial charge in [0.15, 0.2) is 6.10 Å². The molecule has 0 fully saturated rings. The molecule has 1 aromatic rings. The number of hydrogen-bond donors (Lipinski definition) is 2. The van der Waals surface area contributed by atoms with E-state index >= 15 is 0 Å². The van der Waals surface area contributed by atoms with E-state index in [1.165, 1.54) is 13.1 Å². The fourth-order valence-electron chi connectivity index (χ4n) is 1.12. The first-order valence-corrected chi connectivity index (χ1v) is 4.81. The zero-order chi connectivity index (χ0) is 13.9. The quantitative estimate of drug-likeness (QED) is 0.638. The Bertz CT molecular complexity index is 450. The van der Waals surface area contributed by atoms with Crippen molar-refractivity contribution in [3.63, 3.8) is 0 Å². The molecular formula is C9H10F3N3O3. The molecule has 1 heterocycles. The largest absolute Gasteiger partial charge is 0.416 e. The summed E-state index contributed by atoms with van der Waals surface area (Å²) in [4.78, 5) is 13.6. The van der Waals surface area contributed by atoms with Crippen LogP contribution in [0.4, 0.5) is 24.7 Å². The third-order valence-corrected chi connectivity index (χ3v) is 2.13. The number of nitrogens with one attached hydrogen (secondary N) is 1. The van der Waals surface area contributed by atoms with Crippen molar-refractivity contribution in [3.05, 3.63) is 27.9 Å². The van der Waals surface area contributed by atoms with Gasteiger partial charge in [0.1, 0.15) is 5.82 Å². The molecule has 0 saturated heterocycles. The van der Waals surface area contributed by atoms with E-state index < -0.39 is 23.7 Å². The van der Waals surface area contributed by atoms with Crippen LogP contribution in [0.3, 0.4) is 0 Å². The summed E-state index contributed by atoms with van der Waals surface area (Å²) < 4.78 is 36.0. The summed E-state index contributed by atoms with van der Waals surface area (Å²) in [5.41, 5.74) is 0.0379. The van der Waals surface area contributed by atoms with Crippen LogP contribution in [0.25, 0.3) is 0 Å². The molecular weight excluding hydrogens is 255 g/mol. The lowest BCUT2D eigenvalue weighted by atomic mass is 10.2. The van der Waals surface area contributed by atoms with Crippen LogP contribution < -0.4 is 5.32 Å². The average molecular weight is 265 g/mol. The van der Waals surface area contributed by atoms with Crippen molar-refractivity contribution >= 4 is 11.5 Å². The smallest absolute Gasteiger partial charge is 0.382 e. The molecule has 9 heteroatoms. The predicted octanol–water partition coefficient (Wildman–Crippen LogP) is 1.63. The van der Waals surface area contributed by atoms with Crippen LogP contribution in [0.15, 0.2) is 12.3 Å². The van der Waals surface area contributed by atoms with Gasteiger partial charge in [-0.25, -0.2) is 4.98 Å². The van der Waals surface area contributed by atoms with Gasteiger partial charge in [0.05, 0.1) is 17.5 Å². The van der Waals surface area contributed by atoms with Gasteiger partial charge in [-0.3, -0.25) is 10.1 Å². The minimum Gasteiger partial charge on any atom is -0.382 e. The van der Waals surface area contributed by atoms with Crippen molar-refractivity contribution in [1.82, 2.24) is 4.98 Å². The number of halogens is 3. The molecule has 0 aliphatic heterocycles. The molecule has 0 aliphatic rings. The molecule has 2 N–H and O–H groups in total. The number of nitro groups is 1. The Hall–Kier alpha value is -1.90. The third kappa shape index (κ3) is 3.55. The Kier molecular flexibility index (Phi) is 4.07. The standard InChI is InChI=1S/C9H10F3N3O3/c1-5-3-13-8(2-6(5)15(17)18)14-4-7(16)9(10,11)12/h2-3,7,16H,4H2,1H3,(H,13,14). The summed E-state index contributed by atoms with van der Waals surface area (Å²) in [6.07, 6.45) is -6.14. The lowest BCUT2D eigenvalue weighted by Crippen LogP contribution is -2.35. The van der Waals surface area contributed by atoms with E-state index in [1.807, 2.05) is 0 Å². The summed E-state index contributed by atoms with van der Waals surface area (Å²) in [5.74, 6) is -0.101. The number of rotatable bonds is 4. The highest BCUT2D eigenvalue weighted by molar-refractivity contribution is 5.48. The van der Waals surface area contributed by atoms with Gasteiger partial charge in [-0.1, -0.05) is 0 Å². The molecule has 0 saturated carbocycles. The number of aryl methyl sites for hydroxylation is 1. The average Bonchev–Trinajstić information content (AvgIpc) is 2.25. The molecule has 1 atom stereocenters. The van der Waals surface area contributed by atoms with Crippen LogP contribution in [0.2, 0.25) is 0 Å². The van der Waals surface area contributed by atoms with Gasteiger partial charge in [-0.15, -0.1) is 0 Å². The van der Waals surface area contributed by atoms with Crippen LogP contribution in [0.5, 0.6) is 0 Å². The lowest BCUT2D eigenvalue weighted by Gasteiger charge is -2.15. The van der Waals surface area contributed by atoms with Gasteiger partial charge in [-0.2, -0.15) is 13.2 Å². The van der Waals surface area contributed by atoms with Crippen LogP contribution in [-0.4, -0.2) is 33.8 Å². The molecule has 1 unspecified atom stereocenters. The zero-order valence-electron chi connectivity index (χ0n) is 9.23. The highest BCUT2D eigenvalue weighted by Gasteiger charge is 2.37. The number of hydrogen-bond acceptors (Lipinski definition) is 5. The Morgan fingerprint density at radius 2 is 2.22 bits per heavy atom. The van der Waals surface area contributed by atoms with Gasteiger partial charge in [0.25, 0.3) is 5.69 Å². The zero-order valence-corrected chi connectivity index (χ0v) is 9.23. The molecule has 0 bridgehead atoms. The van der Waals surface area contributed by atoms with E-state index in [-0.39, 0.29) is 11.5 Å². The van der Waals surface area contributed by atoms with Gasteiger partial charge in [0, 0.05) is 11.8 Å². The normalized spacial score (nSPS) is 13.2. The summed E-state index contributed by atoms with van der Waals surface area (Å²) in [6, 6.07) is 1.01. The first-order chi connectivity index (χ1) is 8.21. The monoisotopic (exact) mass is 265 g/mol. The number of pyridine rings is 1. The van der Waals surface area contributed by atoms with E-state index in [0.717, 1.165) is 6.07 Å². The Morgan fingerprint density at radius 1 is 1.61 bits per heavy atom. The number of nitrogens with zero attached hydrogens (tertiary/aromatic N) is 2. The third-order valence-electron chi connectivity index (χ3n) is 2.13. The van der Waals surface area contributed by atoms with Crippen molar-refractivity contribution in [2.24, 2.45) is 0 Å². The van der Waals surface area contributed by atoms with Crippen molar-refractivity contribution in [2.75, 3.05) is 11.9 Å². The summed E-state index contributed by atoms with van der Waals surface area (Å²) in [7, 11) is 0. The maximum Gasteiger partial charge on any atom is 0.416 e. The van der Waals surface area contributed by atoms with Crippen molar-refractivity contribution < 1.29 is 23.2 Å². The van der Waals surface area contributed by atoms with E-state index in [0.29, 0.717) is 5.56 Å². The van der Waals surface area contributed by atoms with E-state index in [2.05, 4.69) is 10.3 Å². The second-order valence-electron chi connectivity index (χ2n) is 3.55. The molecule has 100 valence electrons. The van der Waals surface area contributed by atoms with Gasteiger partial charge < -0.3 is 10.4 Å². The molecule has 0 amide bonds. The number of aliphatic hydroxyl groups excluding tert-OH is 1. The van der Waals surface area contributed by atoms with E-state index in [4.69, 9.17) is 5.11 Å². The molecule has 0 spiro atoms. The van der Waals surface area contributed by atoms with Crippen LogP contribution in [0.1, 0.15) is 5.56 Å². The highest BCUT2D eigenvalue weighted by atomic mass is 19.4. The Morgan fingerprint density at radius 3 is 2.72 bits per heavy atom. The lowest BCUT2D eigenvalue weighted by molar-refractivity contribution is -0.385. The Labute approximate surface area is 99.6 Å². The van der Waals surface area contributed by atoms with E-state index in [1.54, 1.807) is 0 Å². The van der Waals surface area contributed by atoms with Crippen molar-refractivity contribution in [2.45, 2.75) is 19.2 Å². The van der Waals surface area contributed by atoms with Crippen LogP contribution in [-0.2, 0) is 0 Å². The number of aromatic nitrogens is 1. The van der Waals surface area contributed by atoms with Crippen LogP contribution >= 0.6 is 0 Å². The first kappa shape index (κ1) is 14.2. The van der Waals surface area contributed by atoms with Crippen LogP contribution in [0, 0.1) is 17.0 Å². The fourth-order valence-corrected chi connectivity index (χ4v) is 1.12. The number of alkyl halides is 3. The Balaban J connectivity index is 2.75. The summed E-state index contributed by atoms with van der Waals surface area (Å²) in [5, 5.41) is 21.5. The summed E-state index contributed by atoms with van der Waals surface area (Å²) >= 11 is 0. The summed E-state index contributed by atoms with van der Waals surface area (Å²) in [6.45, 7) is 0.635. The van der Waals surface area contributed by atoms with E-state index in [9.17, 15) is 23.3 Å². The predicted molar refractivity (Wildman–Crippen MR) is 56.2 cm³/mol. The second kappa shape index (κ2) is 5.17. The first-order valence-electron chi connectivity index (χ1n) is 4.81. The van der Waals surface area contributed by atoms with Crippen molar-refractivity contribution in [1.29, 1.82) is 0 Å². The maximum atomic E-state index is 12.0. The molecule has 1 rings (SSSR count). The highest BCUT2D eigenvalue weighted by Crippen LogP contribution is 2.22. The fraction of sp³-hybridized carbons (Fsp3) is 0.444. The number of aliphatic hydroxyl groups is 1. The minimum atomic E-state index is -4.75. The molecule has 0 aromatic carbocycles. The maximum absolute atomic E-state index is 12.0.